The average molecular weight is 493 g/mol. The summed E-state index contributed by atoms with van der Waals surface area (Å²) in [6.45, 7) is 4.46. The molecular formula is C25H30F2N2O6. The van der Waals surface area contributed by atoms with Gasteiger partial charge in [-0.05, 0) is 49.6 Å². The molecule has 1 atom stereocenters. The quantitative estimate of drug-likeness (QED) is 0.481. The molecule has 2 aliphatic heterocycles. The van der Waals surface area contributed by atoms with E-state index in [1.54, 1.807) is 6.07 Å². The highest BCUT2D eigenvalue weighted by atomic mass is 19.3. The maximum Gasteiger partial charge on any atom is 0.586 e. The summed E-state index contributed by atoms with van der Waals surface area (Å²) >= 11 is 0. The predicted molar refractivity (Wildman–Crippen MR) is 126 cm³/mol. The Labute approximate surface area is 202 Å². The SMILES string of the molecule is CCN(c1ccc([C@@H](COC)CC(=O)O)cc1Nc1ccc2c(c1)OC(F)(F)O2)C1CCOCC1. The normalized spacial score (nSPS) is 17.7. The molecule has 0 amide bonds. The van der Waals surface area contributed by atoms with Gasteiger partial charge in [-0.25, -0.2) is 0 Å². The minimum atomic E-state index is -3.70. The number of carboxylic acids is 1. The van der Waals surface area contributed by atoms with Crippen LogP contribution in [-0.4, -0.2) is 56.9 Å². The van der Waals surface area contributed by atoms with Crippen molar-refractivity contribution in [1.29, 1.82) is 0 Å². The smallest absolute Gasteiger partial charge is 0.481 e. The van der Waals surface area contributed by atoms with Crippen LogP contribution in [0.1, 0.15) is 37.7 Å². The molecule has 10 heteroatoms. The molecule has 190 valence electrons. The number of ether oxygens (including phenoxy) is 4. The highest BCUT2D eigenvalue weighted by Gasteiger charge is 2.43. The number of methoxy groups -OCH3 is 1. The fraction of sp³-hybridized carbons (Fsp3) is 0.480. The van der Waals surface area contributed by atoms with Gasteiger partial charge in [-0.3, -0.25) is 4.79 Å². The number of nitrogens with zero attached hydrogens (tertiary/aromatic N) is 1. The Morgan fingerprint density at radius 1 is 1.20 bits per heavy atom. The van der Waals surface area contributed by atoms with Crippen molar-refractivity contribution in [3.8, 4) is 11.5 Å². The molecule has 8 nitrogen and oxygen atoms in total. The minimum absolute atomic E-state index is 0.0338. The van der Waals surface area contributed by atoms with E-state index in [2.05, 4.69) is 26.6 Å². The highest BCUT2D eigenvalue weighted by Crippen LogP contribution is 2.43. The van der Waals surface area contributed by atoms with Crippen LogP contribution in [0.3, 0.4) is 0 Å². The molecule has 1 fully saturated rings. The number of nitrogens with one attached hydrogen (secondary N) is 1. The van der Waals surface area contributed by atoms with E-state index >= 15 is 0 Å². The predicted octanol–water partition coefficient (Wildman–Crippen LogP) is 4.96. The van der Waals surface area contributed by atoms with E-state index in [4.69, 9.17) is 9.47 Å². The van der Waals surface area contributed by atoms with Crippen LogP contribution in [0.25, 0.3) is 0 Å². The molecule has 1 saturated heterocycles. The number of rotatable bonds is 10. The van der Waals surface area contributed by atoms with E-state index in [-0.39, 0.29) is 36.5 Å². The molecule has 2 N–H and O–H groups in total. The lowest BCUT2D eigenvalue weighted by Crippen LogP contribution is -2.39. The van der Waals surface area contributed by atoms with Crippen LogP contribution in [0.15, 0.2) is 36.4 Å². The second-order valence-electron chi connectivity index (χ2n) is 8.61. The van der Waals surface area contributed by atoms with Crippen molar-refractivity contribution in [3.05, 3.63) is 42.0 Å². The van der Waals surface area contributed by atoms with Crippen LogP contribution in [0, 0.1) is 0 Å². The van der Waals surface area contributed by atoms with E-state index in [0.717, 1.165) is 36.3 Å². The Morgan fingerprint density at radius 2 is 1.94 bits per heavy atom. The molecule has 4 rings (SSSR count). The van der Waals surface area contributed by atoms with Gasteiger partial charge in [-0.1, -0.05) is 6.07 Å². The number of anilines is 3. The van der Waals surface area contributed by atoms with Crippen LogP contribution in [0.2, 0.25) is 0 Å². The van der Waals surface area contributed by atoms with Crippen molar-refractivity contribution < 1.29 is 37.6 Å². The summed E-state index contributed by atoms with van der Waals surface area (Å²) in [4.78, 5) is 13.7. The first-order chi connectivity index (χ1) is 16.8. The van der Waals surface area contributed by atoms with Gasteiger partial charge in [0.25, 0.3) is 0 Å². The molecule has 35 heavy (non-hydrogen) atoms. The molecular weight excluding hydrogens is 462 g/mol. The first-order valence-corrected chi connectivity index (χ1v) is 11.7. The van der Waals surface area contributed by atoms with Crippen LogP contribution in [0.4, 0.5) is 25.8 Å². The fourth-order valence-corrected chi connectivity index (χ4v) is 4.65. The zero-order valence-corrected chi connectivity index (χ0v) is 19.8. The van der Waals surface area contributed by atoms with Crippen molar-refractivity contribution in [2.24, 2.45) is 0 Å². The molecule has 0 unspecified atom stereocenters. The van der Waals surface area contributed by atoms with Crippen molar-refractivity contribution in [2.45, 2.75) is 44.4 Å². The summed E-state index contributed by atoms with van der Waals surface area (Å²) < 4.78 is 46.9. The van der Waals surface area contributed by atoms with Gasteiger partial charge in [0.05, 0.1) is 24.4 Å². The Hall–Kier alpha value is -3.11. The van der Waals surface area contributed by atoms with Gasteiger partial charge in [0.15, 0.2) is 11.5 Å². The van der Waals surface area contributed by atoms with Crippen LogP contribution >= 0.6 is 0 Å². The van der Waals surface area contributed by atoms with Crippen LogP contribution < -0.4 is 19.7 Å². The van der Waals surface area contributed by atoms with Crippen molar-refractivity contribution in [2.75, 3.05) is 43.7 Å². The number of hydrogen-bond donors (Lipinski definition) is 2. The largest absolute Gasteiger partial charge is 0.586 e. The maximum absolute atomic E-state index is 13.5. The number of benzene rings is 2. The third-order valence-corrected chi connectivity index (χ3v) is 6.24. The van der Waals surface area contributed by atoms with Gasteiger partial charge < -0.3 is 34.3 Å². The van der Waals surface area contributed by atoms with E-state index in [1.807, 2.05) is 18.2 Å². The topological polar surface area (TPSA) is 89.5 Å². The number of alkyl halides is 2. The average Bonchev–Trinajstić information content (AvgIpc) is 3.13. The molecule has 2 heterocycles. The van der Waals surface area contributed by atoms with Gasteiger partial charge in [-0.15, -0.1) is 8.78 Å². The fourth-order valence-electron chi connectivity index (χ4n) is 4.65. The van der Waals surface area contributed by atoms with E-state index < -0.39 is 12.3 Å². The summed E-state index contributed by atoms with van der Waals surface area (Å²) in [5.41, 5.74) is 2.99. The maximum atomic E-state index is 13.5. The Balaban J connectivity index is 1.70. The Bertz CT molecular complexity index is 1040. The molecule has 0 aliphatic carbocycles. The van der Waals surface area contributed by atoms with Crippen LogP contribution in [0.5, 0.6) is 11.5 Å². The summed E-state index contributed by atoms with van der Waals surface area (Å²) in [6.07, 6.45) is -2.00. The molecule has 0 bridgehead atoms. The number of carboxylic acid groups (broad SMARTS) is 1. The Morgan fingerprint density at radius 3 is 2.63 bits per heavy atom. The first kappa shape index (κ1) is 25.0. The van der Waals surface area contributed by atoms with Gasteiger partial charge in [0, 0.05) is 50.6 Å². The lowest BCUT2D eigenvalue weighted by atomic mass is 9.94. The molecule has 2 aliphatic rings. The lowest BCUT2D eigenvalue weighted by molar-refractivity contribution is -0.286. The number of halogens is 2. The number of fused-ring (bicyclic) bond motifs is 1. The lowest BCUT2D eigenvalue weighted by Gasteiger charge is -2.37. The third kappa shape index (κ3) is 5.94. The Kier molecular flexibility index (Phi) is 7.61. The van der Waals surface area contributed by atoms with Crippen molar-refractivity contribution in [3.63, 3.8) is 0 Å². The zero-order valence-electron chi connectivity index (χ0n) is 19.8. The summed E-state index contributed by atoms with van der Waals surface area (Å²) in [7, 11) is 1.54. The molecule has 0 aromatic heterocycles. The number of hydrogen-bond acceptors (Lipinski definition) is 7. The molecule has 2 aromatic rings. The second kappa shape index (κ2) is 10.7. The van der Waals surface area contributed by atoms with Crippen LogP contribution in [-0.2, 0) is 14.3 Å². The number of carbonyl (C=O) groups is 1. The monoisotopic (exact) mass is 492 g/mol. The van der Waals surface area contributed by atoms with E-state index in [9.17, 15) is 18.7 Å². The second-order valence-corrected chi connectivity index (χ2v) is 8.61. The van der Waals surface area contributed by atoms with E-state index in [0.29, 0.717) is 18.9 Å². The molecule has 0 radical (unpaired) electrons. The first-order valence-electron chi connectivity index (χ1n) is 11.7. The minimum Gasteiger partial charge on any atom is -0.481 e. The highest BCUT2D eigenvalue weighted by molar-refractivity contribution is 5.78. The van der Waals surface area contributed by atoms with Gasteiger partial charge in [0.2, 0.25) is 0 Å². The third-order valence-electron chi connectivity index (χ3n) is 6.24. The van der Waals surface area contributed by atoms with E-state index in [1.165, 1.54) is 19.2 Å². The summed E-state index contributed by atoms with van der Waals surface area (Å²) in [6, 6.07) is 10.6. The number of aliphatic carboxylic acids is 1. The molecule has 0 spiro atoms. The molecule has 2 aromatic carbocycles. The standard InChI is InChI=1S/C25H30F2N2O6/c1-3-29(19-8-10-33-11-9-19)21-6-4-16(17(15-32-2)13-24(30)31)12-20(21)28-18-5-7-22-23(14-18)35-25(26,27)34-22/h4-7,12,14,17,19,28H,3,8-11,13,15H2,1-2H3,(H,30,31)/t17-/m1/s1. The zero-order chi connectivity index (χ0) is 25.0. The molecule has 0 saturated carbocycles. The van der Waals surface area contributed by atoms with Crippen molar-refractivity contribution in [1.82, 2.24) is 0 Å². The summed E-state index contributed by atoms with van der Waals surface area (Å²) in [5.74, 6) is -1.36. The van der Waals surface area contributed by atoms with Crippen molar-refractivity contribution >= 4 is 23.0 Å². The van der Waals surface area contributed by atoms with Gasteiger partial charge >= 0.3 is 12.3 Å². The van der Waals surface area contributed by atoms with Gasteiger partial charge in [0.1, 0.15) is 0 Å². The summed E-state index contributed by atoms with van der Waals surface area (Å²) in [5, 5.41) is 12.7. The van der Waals surface area contributed by atoms with Gasteiger partial charge in [-0.2, -0.15) is 0 Å².